The minimum Gasteiger partial charge on any atom is -0.309 e. The zero-order valence-electron chi connectivity index (χ0n) is 28.9. The molecule has 0 fully saturated rings. The number of fused-ring (bicyclic) bond motifs is 8. The SMILES string of the molecule is [C-]#[N+]c1ccccc1-c1cc(-c2cc(-c3ccccc3)nc3ccccc23)cc(-n2c3ccccc3c3c4c(ccc32)C(C)(C)c2ccccc2-4)c1. The third-order valence-corrected chi connectivity index (χ3v) is 11.0. The third-order valence-electron chi connectivity index (χ3n) is 11.0. The van der Waals surface area contributed by atoms with Gasteiger partial charge in [0.05, 0.1) is 28.8 Å². The van der Waals surface area contributed by atoms with Crippen LogP contribution in [0.4, 0.5) is 5.69 Å². The summed E-state index contributed by atoms with van der Waals surface area (Å²) in [7, 11) is 0. The Morgan fingerprint density at radius 3 is 2.04 bits per heavy atom. The highest BCUT2D eigenvalue weighted by Crippen LogP contribution is 2.53. The van der Waals surface area contributed by atoms with Gasteiger partial charge < -0.3 is 4.57 Å². The minimum atomic E-state index is -0.0985. The number of hydrogen-bond acceptors (Lipinski definition) is 1. The van der Waals surface area contributed by atoms with E-state index in [1.54, 1.807) is 0 Å². The number of pyridine rings is 1. The van der Waals surface area contributed by atoms with Crippen molar-refractivity contribution in [3.63, 3.8) is 0 Å². The van der Waals surface area contributed by atoms with Gasteiger partial charge in [-0.05, 0) is 87.0 Å². The minimum absolute atomic E-state index is 0.0985. The molecular weight excluding hydrogens is 631 g/mol. The van der Waals surface area contributed by atoms with Gasteiger partial charge in [-0.1, -0.05) is 135 Å². The Kier molecular flexibility index (Phi) is 6.59. The first-order valence-electron chi connectivity index (χ1n) is 17.8. The predicted octanol–water partition coefficient (Wildman–Crippen LogP) is 13.2. The van der Waals surface area contributed by atoms with Crippen molar-refractivity contribution in [1.82, 2.24) is 9.55 Å². The Morgan fingerprint density at radius 1 is 0.538 bits per heavy atom. The van der Waals surface area contributed by atoms with Crippen LogP contribution in [0, 0.1) is 6.57 Å². The number of hydrogen-bond donors (Lipinski definition) is 0. The van der Waals surface area contributed by atoms with Crippen molar-refractivity contribution >= 4 is 38.4 Å². The van der Waals surface area contributed by atoms with Gasteiger partial charge >= 0.3 is 0 Å². The van der Waals surface area contributed by atoms with Gasteiger partial charge in [-0.15, -0.1) is 0 Å². The summed E-state index contributed by atoms with van der Waals surface area (Å²) in [5.74, 6) is 0. The Hall–Kier alpha value is -6.76. The number of rotatable bonds is 4. The standard InChI is InChI=1S/C49H33N3/c1-49(2)40-21-11-7-19-37(40)47-41(49)25-26-46-48(47)38-20-10-14-24-45(38)52(46)34-28-32(35-17-8-12-22-42(35)50-3)27-33(29-34)39-30-44(31-15-5-4-6-16-31)51-43-23-13-9-18-36(39)43/h4-30H,1-2H3. The first-order chi connectivity index (χ1) is 25.5. The maximum absolute atomic E-state index is 8.07. The summed E-state index contributed by atoms with van der Waals surface area (Å²) < 4.78 is 2.42. The van der Waals surface area contributed by atoms with E-state index >= 15 is 0 Å². The zero-order chi connectivity index (χ0) is 35.0. The molecule has 0 aliphatic heterocycles. The van der Waals surface area contributed by atoms with Gasteiger partial charge in [-0.2, -0.15) is 0 Å². The average Bonchev–Trinajstić information content (AvgIpc) is 3.66. The smallest absolute Gasteiger partial charge is 0.194 e. The van der Waals surface area contributed by atoms with Crippen LogP contribution in [0.25, 0.3) is 87.9 Å². The summed E-state index contributed by atoms with van der Waals surface area (Å²) in [5, 5.41) is 3.60. The first-order valence-corrected chi connectivity index (χ1v) is 17.8. The lowest BCUT2D eigenvalue weighted by molar-refractivity contribution is 0.661. The highest BCUT2D eigenvalue weighted by atomic mass is 15.0. The third kappa shape index (κ3) is 4.41. The molecule has 1 aliphatic carbocycles. The van der Waals surface area contributed by atoms with Crippen molar-refractivity contribution in [2.24, 2.45) is 0 Å². The molecule has 52 heavy (non-hydrogen) atoms. The lowest BCUT2D eigenvalue weighted by Crippen LogP contribution is -2.14. The van der Waals surface area contributed by atoms with Gasteiger partial charge in [-0.25, -0.2) is 9.83 Å². The molecule has 0 spiro atoms. The summed E-state index contributed by atoms with van der Waals surface area (Å²) in [6.07, 6.45) is 0. The summed E-state index contributed by atoms with van der Waals surface area (Å²) in [5.41, 5.74) is 16.3. The van der Waals surface area contributed by atoms with Gasteiger partial charge in [-0.3, -0.25) is 0 Å². The second-order valence-electron chi connectivity index (χ2n) is 14.2. The fourth-order valence-corrected chi connectivity index (χ4v) is 8.57. The van der Waals surface area contributed by atoms with Crippen LogP contribution in [0.2, 0.25) is 0 Å². The summed E-state index contributed by atoms with van der Waals surface area (Å²) >= 11 is 0. The van der Waals surface area contributed by atoms with E-state index in [1.165, 1.54) is 38.5 Å². The summed E-state index contributed by atoms with van der Waals surface area (Å²) in [4.78, 5) is 9.06. The van der Waals surface area contributed by atoms with Crippen LogP contribution in [-0.2, 0) is 5.41 Å². The van der Waals surface area contributed by atoms with E-state index in [4.69, 9.17) is 11.6 Å². The molecule has 0 N–H and O–H groups in total. The quantitative estimate of drug-likeness (QED) is 0.172. The molecule has 9 aromatic rings. The molecular formula is C49H33N3. The van der Waals surface area contributed by atoms with Crippen molar-refractivity contribution in [2.45, 2.75) is 19.3 Å². The van der Waals surface area contributed by atoms with Crippen LogP contribution < -0.4 is 0 Å². The molecule has 7 aromatic carbocycles. The van der Waals surface area contributed by atoms with E-state index in [2.05, 4.69) is 163 Å². The van der Waals surface area contributed by atoms with Gasteiger partial charge in [0, 0.05) is 32.8 Å². The van der Waals surface area contributed by atoms with E-state index in [1.807, 2.05) is 24.3 Å². The fraction of sp³-hybridized carbons (Fsp3) is 0.0612. The number of aromatic nitrogens is 2. The molecule has 0 saturated heterocycles. The summed E-state index contributed by atoms with van der Waals surface area (Å²) in [6, 6.07) is 58.1. The number of benzene rings is 7. The maximum Gasteiger partial charge on any atom is 0.194 e. The molecule has 0 atom stereocenters. The molecule has 0 unspecified atom stereocenters. The Bertz CT molecular complexity index is 2940. The van der Waals surface area contributed by atoms with Crippen molar-refractivity contribution in [3.8, 4) is 50.3 Å². The molecule has 0 saturated carbocycles. The largest absolute Gasteiger partial charge is 0.309 e. The molecule has 3 heteroatoms. The Balaban J connectivity index is 1.32. The maximum atomic E-state index is 8.07. The van der Waals surface area contributed by atoms with Gasteiger partial charge in [0.25, 0.3) is 0 Å². The molecule has 0 amide bonds. The van der Waals surface area contributed by atoms with Crippen LogP contribution in [0.5, 0.6) is 0 Å². The molecule has 3 nitrogen and oxygen atoms in total. The molecule has 10 rings (SSSR count). The number of nitrogens with zero attached hydrogens (tertiary/aromatic N) is 3. The normalized spacial score (nSPS) is 12.9. The van der Waals surface area contributed by atoms with Gasteiger partial charge in [0.2, 0.25) is 0 Å². The monoisotopic (exact) mass is 663 g/mol. The van der Waals surface area contributed by atoms with E-state index in [9.17, 15) is 0 Å². The molecule has 2 heterocycles. The zero-order valence-corrected chi connectivity index (χ0v) is 28.9. The van der Waals surface area contributed by atoms with Crippen molar-refractivity contribution in [3.05, 3.63) is 186 Å². The lowest BCUT2D eigenvalue weighted by atomic mass is 9.82. The first kappa shape index (κ1) is 30.1. The molecule has 244 valence electrons. The fourth-order valence-electron chi connectivity index (χ4n) is 8.57. The van der Waals surface area contributed by atoms with E-state index < -0.39 is 0 Å². The second-order valence-corrected chi connectivity index (χ2v) is 14.2. The molecule has 2 aromatic heterocycles. The highest BCUT2D eigenvalue weighted by Gasteiger charge is 2.37. The van der Waals surface area contributed by atoms with Crippen molar-refractivity contribution < 1.29 is 0 Å². The predicted molar refractivity (Wildman–Crippen MR) is 216 cm³/mol. The van der Waals surface area contributed by atoms with Gasteiger partial charge in [0.15, 0.2) is 5.69 Å². The van der Waals surface area contributed by atoms with E-state index in [0.29, 0.717) is 5.69 Å². The molecule has 0 radical (unpaired) electrons. The van der Waals surface area contributed by atoms with Gasteiger partial charge in [0.1, 0.15) is 0 Å². The van der Waals surface area contributed by atoms with Crippen LogP contribution in [0.1, 0.15) is 25.0 Å². The number of para-hydroxylation sites is 3. The van der Waals surface area contributed by atoms with Crippen LogP contribution in [0.3, 0.4) is 0 Å². The second kappa shape index (κ2) is 11.4. The lowest BCUT2D eigenvalue weighted by Gasteiger charge is -2.21. The summed E-state index contributed by atoms with van der Waals surface area (Å²) in [6.45, 7) is 12.8. The van der Waals surface area contributed by atoms with Crippen molar-refractivity contribution in [2.75, 3.05) is 0 Å². The van der Waals surface area contributed by atoms with E-state index in [0.717, 1.165) is 55.6 Å². The van der Waals surface area contributed by atoms with Crippen molar-refractivity contribution in [1.29, 1.82) is 0 Å². The van der Waals surface area contributed by atoms with E-state index in [-0.39, 0.29) is 5.41 Å². The average molecular weight is 664 g/mol. The Labute approximate surface area is 302 Å². The van der Waals surface area contributed by atoms with Crippen LogP contribution >= 0.6 is 0 Å². The molecule has 0 bridgehead atoms. The Morgan fingerprint density at radius 2 is 1.21 bits per heavy atom. The highest BCUT2D eigenvalue weighted by molar-refractivity contribution is 6.18. The topological polar surface area (TPSA) is 22.2 Å². The van der Waals surface area contributed by atoms with Crippen LogP contribution in [-0.4, -0.2) is 9.55 Å². The van der Waals surface area contributed by atoms with Crippen LogP contribution in [0.15, 0.2) is 164 Å². The molecule has 1 aliphatic rings.